The Morgan fingerprint density at radius 2 is 1.86 bits per heavy atom. The number of halogens is 3. The second-order valence-corrected chi connectivity index (χ2v) is 5.63. The highest BCUT2D eigenvalue weighted by Gasteiger charge is 2.07. The maximum Gasteiger partial charge on any atom is 0.243 e. The molecule has 0 aliphatic carbocycles. The number of carbonyl (C=O) groups excluding carboxylic acids is 1. The number of anilines is 2. The van der Waals surface area contributed by atoms with E-state index < -0.39 is 0 Å². The second kappa shape index (κ2) is 7.58. The van der Waals surface area contributed by atoms with Gasteiger partial charge in [0.15, 0.2) is 0 Å². The molecule has 7 heteroatoms. The van der Waals surface area contributed by atoms with Gasteiger partial charge in [-0.15, -0.1) is 0 Å². The molecule has 0 aromatic heterocycles. The lowest BCUT2D eigenvalue weighted by Crippen LogP contribution is -2.21. The van der Waals surface area contributed by atoms with Crippen molar-refractivity contribution < 1.29 is 9.53 Å². The van der Waals surface area contributed by atoms with Gasteiger partial charge in [-0.2, -0.15) is 0 Å². The first-order valence-electron chi connectivity index (χ1n) is 6.32. The number of methoxy groups -OCH3 is 1. The fourth-order valence-electron chi connectivity index (χ4n) is 1.74. The average Bonchev–Trinajstić information content (AvgIpc) is 2.48. The summed E-state index contributed by atoms with van der Waals surface area (Å²) < 4.78 is 5.06. The molecule has 0 radical (unpaired) electrons. The molecule has 0 saturated carbocycles. The summed E-state index contributed by atoms with van der Waals surface area (Å²) in [7, 11) is 1.54. The van der Waals surface area contributed by atoms with Crippen LogP contribution in [0.25, 0.3) is 0 Å². The summed E-state index contributed by atoms with van der Waals surface area (Å²) in [5.74, 6) is 0.334. The molecule has 2 rings (SSSR count). The monoisotopic (exact) mass is 358 g/mol. The van der Waals surface area contributed by atoms with Crippen molar-refractivity contribution in [1.29, 1.82) is 0 Å². The van der Waals surface area contributed by atoms with Crippen LogP contribution in [0.5, 0.6) is 5.75 Å². The Kier molecular flexibility index (Phi) is 5.77. The summed E-state index contributed by atoms with van der Waals surface area (Å²) in [6, 6.07) is 10.0. The number of ether oxygens (including phenoxy) is 1. The number of nitrogens with one attached hydrogen (secondary N) is 2. The molecule has 2 aromatic carbocycles. The molecular weight excluding hydrogens is 347 g/mol. The minimum atomic E-state index is -0.240. The number of benzene rings is 2. The highest BCUT2D eigenvalue weighted by Crippen LogP contribution is 2.27. The molecule has 2 N–H and O–H groups in total. The SMILES string of the molecule is COc1ccc(NCC(=O)Nc2ccc(Cl)cc2Cl)cc1Cl. The third kappa shape index (κ3) is 4.44. The highest BCUT2D eigenvalue weighted by atomic mass is 35.5. The van der Waals surface area contributed by atoms with E-state index in [0.29, 0.717) is 32.2 Å². The lowest BCUT2D eigenvalue weighted by atomic mass is 10.3. The molecule has 0 bridgehead atoms. The van der Waals surface area contributed by atoms with E-state index in [9.17, 15) is 4.79 Å². The molecule has 0 spiro atoms. The summed E-state index contributed by atoms with van der Waals surface area (Å²) >= 11 is 17.8. The van der Waals surface area contributed by atoms with E-state index in [4.69, 9.17) is 39.5 Å². The van der Waals surface area contributed by atoms with Crippen molar-refractivity contribution in [3.63, 3.8) is 0 Å². The van der Waals surface area contributed by atoms with Crippen LogP contribution < -0.4 is 15.4 Å². The minimum absolute atomic E-state index is 0.0710. The van der Waals surface area contributed by atoms with Gasteiger partial charge < -0.3 is 15.4 Å². The molecule has 0 aliphatic heterocycles. The normalized spacial score (nSPS) is 10.2. The quantitative estimate of drug-likeness (QED) is 0.813. The number of amides is 1. The maximum atomic E-state index is 11.9. The molecule has 1 amide bonds. The lowest BCUT2D eigenvalue weighted by molar-refractivity contribution is -0.114. The molecule has 0 atom stereocenters. The van der Waals surface area contributed by atoms with Gasteiger partial charge >= 0.3 is 0 Å². The zero-order valence-corrected chi connectivity index (χ0v) is 13.9. The van der Waals surface area contributed by atoms with Crippen LogP contribution in [0.2, 0.25) is 15.1 Å². The lowest BCUT2D eigenvalue weighted by Gasteiger charge is -2.10. The van der Waals surface area contributed by atoms with Crippen molar-refractivity contribution in [2.45, 2.75) is 0 Å². The number of rotatable bonds is 5. The van der Waals surface area contributed by atoms with Crippen LogP contribution in [-0.2, 0) is 4.79 Å². The van der Waals surface area contributed by atoms with Gasteiger partial charge in [-0.05, 0) is 36.4 Å². The van der Waals surface area contributed by atoms with Gasteiger partial charge in [-0.1, -0.05) is 34.8 Å². The van der Waals surface area contributed by atoms with Crippen LogP contribution in [-0.4, -0.2) is 19.6 Å². The fraction of sp³-hybridized carbons (Fsp3) is 0.133. The first-order valence-corrected chi connectivity index (χ1v) is 7.45. The van der Waals surface area contributed by atoms with E-state index in [2.05, 4.69) is 10.6 Å². The van der Waals surface area contributed by atoms with Gasteiger partial charge in [0.1, 0.15) is 5.75 Å². The van der Waals surface area contributed by atoms with E-state index in [1.165, 1.54) is 7.11 Å². The Bertz CT molecular complexity index is 692. The zero-order chi connectivity index (χ0) is 16.1. The molecule has 0 heterocycles. The smallest absolute Gasteiger partial charge is 0.243 e. The Balaban J connectivity index is 1.94. The molecule has 0 saturated heterocycles. The molecule has 2 aromatic rings. The van der Waals surface area contributed by atoms with Crippen molar-refractivity contribution in [3.05, 3.63) is 51.5 Å². The van der Waals surface area contributed by atoms with Crippen molar-refractivity contribution in [3.8, 4) is 5.75 Å². The summed E-state index contributed by atoms with van der Waals surface area (Å²) in [6.45, 7) is 0.0710. The summed E-state index contributed by atoms with van der Waals surface area (Å²) in [6.07, 6.45) is 0. The first kappa shape index (κ1) is 16.7. The van der Waals surface area contributed by atoms with Crippen LogP contribution in [0, 0.1) is 0 Å². The molecule has 116 valence electrons. The van der Waals surface area contributed by atoms with E-state index in [1.54, 1.807) is 36.4 Å². The van der Waals surface area contributed by atoms with Crippen LogP contribution in [0.4, 0.5) is 11.4 Å². The van der Waals surface area contributed by atoms with Crippen molar-refractivity contribution in [2.24, 2.45) is 0 Å². The highest BCUT2D eigenvalue weighted by molar-refractivity contribution is 6.36. The van der Waals surface area contributed by atoms with Gasteiger partial charge in [0, 0.05) is 10.7 Å². The van der Waals surface area contributed by atoms with E-state index >= 15 is 0 Å². The topological polar surface area (TPSA) is 50.4 Å². The summed E-state index contributed by atoms with van der Waals surface area (Å²) in [5.41, 5.74) is 1.22. The number of carbonyl (C=O) groups is 1. The molecule has 0 fully saturated rings. The molecule has 22 heavy (non-hydrogen) atoms. The third-order valence-electron chi connectivity index (χ3n) is 2.81. The van der Waals surface area contributed by atoms with Crippen molar-refractivity contribution in [2.75, 3.05) is 24.3 Å². The summed E-state index contributed by atoms with van der Waals surface area (Å²) in [4.78, 5) is 11.9. The number of hydrogen-bond acceptors (Lipinski definition) is 3. The predicted octanol–water partition coefficient (Wildman–Crippen LogP) is 4.71. The third-order valence-corrected chi connectivity index (χ3v) is 3.65. The molecule has 0 unspecified atom stereocenters. The van der Waals surface area contributed by atoms with Crippen LogP contribution in [0.3, 0.4) is 0 Å². The van der Waals surface area contributed by atoms with Gasteiger partial charge in [0.2, 0.25) is 5.91 Å². The van der Waals surface area contributed by atoms with Crippen LogP contribution in [0.15, 0.2) is 36.4 Å². The molecule has 4 nitrogen and oxygen atoms in total. The average molecular weight is 360 g/mol. The van der Waals surface area contributed by atoms with E-state index in [0.717, 1.165) is 0 Å². The van der Waals surface area contributed by atoms with E-state index in [1.807, 2.05) is 0 Å². The minimum Gasteiger partial charge on any atom is -0.495 e. The Hall–Kier alpha value is -1.62. The van der Waals surface area contributed by atoms with Gasteiger partial charge in [-0.3, -0.25) is 4.79 Å². The Labute approximate surface area is 143 Å². The van der Waals surface area contributed by atoms with Crippen molar-refractivity contribution in [1.82, 2.24) is 0 Å². The van der Waals surface area contributed by atoms with Gasteiger partial charge in [0.05, 0.1) is 29.4 Å². The fourth-order valence-corrected chi connectivity index (χ4v) is 2.46. The Morgan fingerprint density at radius 3 is 2.50 bits per heavy atom. The van der Waals surface area contributed by atoms with E-state index in [-0.39, 0.29) is 12.5 Å². The largest absolute Gasteiger partial charge is 0.495 e. The Morgan fingerprint density at radius 1 is 1.09 bits per heavy atom. The summed E-state index contributed by atoms with van der Waals surface area (Å²) in [5, 5.41) is 7.02. The predicted molar refractivity (Wildman–Crippen MR) is 91.6 cm³/mol. The van der Waals surface area contributed by atoms with Crippen LogP contribution >= 0.6 is 34.8 Å². The second-order valence-electron chi connectivity index (χ2n) is 4.38. The molecular formula is C15H13Cl3N2O2. The maximum absolute atomic E-state index is 11.9. The van der Waals surface area contributed by atoms with Crippen LogP contribution in [0.1, 0.15) is 0 Å². The van der Waals surface area contributed by atoms with Gasteiger partial charge in [0.25, 0.3) is 0 Å². The van der Waals surface area contributed by atoms with Crippen molar-refractivity contribution >= 4 is 52.1 Å². The molecule has 0 aliphatic rings. The first-order chi connectivity index (χ1) is 10.5. The zero-order valence-electron chi connectivity index (χ0n) is 11.6. The standard InChI is InChI=1S/C15H13Cl3N2O2/c1-22-14-5-3-10(7-12(14)18)19-8-15(21)20-13-4-2-9(16)6-11(13)17/h2-7,19H,8H2,1H3,(H,20,21). The van der Waals surface area contributed by atoms with Gasteiger partial charge in [-0.25, -0.2) is 0 Å². The number of hydrogen-bond donors (Lipinski definition) is 2.